The molecule has 0 radical (unpaired) electrons. The molecule has 4 rings (SSSR count). The summed E-state index contributed by atoms with van der Waals surface area (Å²) in [5, 5.41) is 3.31. The molecule has 5 nitrogen and oxygen atoms in total. The van der Waals surface area contributed by atoms with E-state index in [1.807, 2.05) is 60.0 Å². The molecule has 0 saturated carbocycles. The van der Waals surface area contributed by atoms with E-state index >= 15 is 0 Å². The summed E-state index contributed by atoms with van der Waals surface area (Å²) < 4.78 is 7.14. The SMILES string of the molecule is COc1ccc(-c2ncn3c2CNC3C(=O)c2ccccc2C)cc1. The third kappa shape index (κ3) is 2.62. The van der Waals surface area contributed by atoms with Gasteiger partial charge in [0.2, 0.25) is 5.78 Å². The molecule has 25 heavy (non-hydrogen) atoms. The lowest BCUT2D eigenvalue weighted by molar-refractivity contribution is 0.0913. The fourth-order valence-corrected chi connectivity index (χ4v) is 3.28. The van der Waals surface area contributed by atoms with Gasteiger partial charge < -0.3 is 9.30 Å². The molecule has 1 unspecified atom stereocenters. The van der Waals surface area contributed by atoms with Crippen LogP contribution in [-0.4, -0.2) is 22.4 Å². The highest BCUT2D eigenvalue weighted by atomic mass is 16.5. The molecule has 1 N–H and O–H groups in total. The van der Waals surface area contributed by atoms with Crippen LogP contribution in [0.1, 0.15) is 27.8 Å². The van der Waals surface area contributed by atoms with Gasteiger partial charge >= 0.3 is 0 Å². The van der Waals surface area contributed by atoms with Crippen LogP contribution in [0.5, 0.6) is 5.75 Å². The Kier molecular flexibility index (Phi) is 3.86. The molecule has 126 valence electrons. The third-order valence-electron chi connectivity index (χ3n) is 4.66. The number of rotatable bonds is 4. The Bertz CT molecular complexity index is 928. The summed E-state index contributed by atoms with van der Waals surface area (Å²) in [5.74, 6) is 0.876. The summed E-state index contributed by atoms with van der Waals surface area (Å²) >= 11 is 0. The zero-order chi connectivity index (χ0) is 17.4. The Balaban J connectivity index is 1.67. The van der Waals surface area contributed by atoms with Gasteiger partial charge in [-0.2, -0.15) is 0 Å². The summed E-state index contributed by atoms with van der Waals surface area (Å²) in [6, 6.07) is 15.5. The Hall–Kier alpha value is -2.92. The van der Waals surface area contributed by atoms with Crippen molar-refractivity contribution in [1.82, 2.24) is 14.9 Å². The average Bonchev–Trinajstić information content (AvgIpc) is 3.24. The van der Waals surface area contributed by atoms with Gasteiger partial charge in [0.05, 0.1) is 24.8 Å². The standard InChI is InChI=1S/C20H19N3O2/c1-13-5-3-4-6-16(13)19(24)20-21-11-17-18(22-12-23(17)20)14-7-9-15(25-2)10-8-14/h3-10,12,20-21H,11H2,1-2H3. The van der Waals surface area contributed by atoms with Crippen molar-refractivity contribution in [2.75, 3.05) is 7.11 Å². The molecule has 0 bridgehead atoms. The van der Waals surface area contributed by atoms with Crippen LogP contribution >= 0.6 is 0 Å². The minimum atomic E-state index is -0.407. The van der Waals surface area contributed by atoms with E-state index < -0.39 is 6.17 Å². The number of imidazole rings is 1. The monoisotopic (exact) mass is 333 g/mol. The van der Waals surface area contributed by atoms with Crippen LogP contribution in [0.4, 0.5) is 0 Å². The van der Waals surface area contributed by atoms with Crippen LogP contribution in [0.2, 0.25) is 0 Å². The number of carbonyl (C=O) groups excluding carboxylic acids is 1. The molecule has 3 aromatic rings. The van der Waals surface area contributed by atoms with E-state index in [0.29, 0.717) is 6.54 Å². The predicted molar refractivity (Wildman–Crippen MR) is 95.6 cm³/mol. The molecule has 0 aliphatic carbocycles. The van der Waals surface area contributed by atoms with Crippen LogP contribution in [0.15, 0.2) is 54.9 Å². The molecule has 1 atom stereocenters. The summed E-state index contributed by atoms with van der Waals surface area (Å²) in [4.78, 5) is 17.5. The van der Waals surface area contributed by atoms with Gasteiger partial charge in [-0.3, -0.25) is 10.1 Å². The first-order valence-electron chi connectivity index (χ1n) is 8.22. The molecule has 0 saturated heterocycles. The van der Waals surface area contributed by atoms with Crippen molar-refractivity contribution in [3.63, 3.8) is 0 Å². The quantitative estimate of drug-likeness (QED) is 0.744. The topological polar surface area (TPSA) is 56.1 Å². The number of hydrogen-bond donors (Lipinski definition) is 1. The number of ketones is 1. The van der Waals surface area contributed by atoms with Gasteiger partial charge in [-0.15, -0.1) is 0 Å². The number of ether oxygens (including phenoxy) is 1. The van der Waals surface area contributed by atoms with Crippen molar-refractivity contribution in [3.05, 3.63) is 71.7 Å². The van der Waals surface area contributed by atoms with Crippen LogP contribution in [-0.2, 0) is 6.54 Å². The maximum absolute atomic E-state index is 12.9. The summed E-state index contributed by atoms with van der Waals surface area (Å²) in [5.41, 5.74) is 4.67. The lowest BCUT2D eigenvalue weighted by Gasteiger charge is -2.13. The van der Waals surface area contributed by atoms with Crippen molar-refractivity contribution in [3.8, 4) is 17.0 Å². The van der Waals surface area contributed by atoms with Gasteiger partial charge in [0.15, 0.2) is 0 Å². The molecule has 0 amide bonds. The minimum Gasteiger partial charge on any atom is -0.497 e. The number of Topliss-reactive ketones (excluding diaryl/α,β-unsaturated/α-hetero) is 1. The first-order chi connectivity index (χ1) is 12.2. The maximum Gasteiger partial charge on any atom is 0.200 e. The molecule has 2 aromatic carbocycles. The second-order valence-corrected chi connectivity index (χ2v) is 6.14. The van der Waals surface area contributed by atoms with Gasteiger partial charge in [-0.1, -0.05) is 24.3 Å². The molecule has 0 spiro atoms. The highest BCUT2D eigenvalue weighted by molar-refractivity contribution is 6.00. The number of benzene rings is 2. The zero-order valence-corrected chi connectivity index (χ0v) is 14.2. The Labute approximate surface area is 146 Å². The number of methoxy groups -OCH3 is 1. The lowest BCUT2D eigenvalue weighted by Crippen LogP contribution is -2.26. The van der Waals surface area contributed by atoms with Crippen LogP contribution < -0.4 is 10.1 Å². The van der Waals surface area contributed by atoms with Crippen LogP contribution in [0.3, 0.4) is 0 Å². The molecule has 5 heteroatoms. The minimum absolute atomic E-state index is 0.0653. The van der Waals surface area contributed by atoms with Gasteiger partial charge in [0, 0.05) is 17.7 Å². The summed E-state index contributed by atoms with van der Waals surface area (Å²) in [7, 11) is 1.65. The fourth-order valence-electron chi connectivity index (χ4n) is 3.28. The molecular weight excluding hydrogens is 314 g/mol. The van der Waals surface area contributed by atoms with Gasteiger partial charge in [-0.05, 0) is 36.8 Å². The zero-order valence-electron chi connectivity index (χ0n) is 14.2. The van der Waals surface area contributed by atoms with E-state index in [9.17, 15) is 4.79 Å². The number of aromatic nitrogens is 2. The molecule has 1 aromatic heterocycles. The van der Waals surface area contributed by atoms with Crippen molar-refractivity contribution in [2.45, 2.75) is 19.6 Å². The van der Waals surface area contributed by atoms with Crippen LogP contribution in [0, 0.1) is 6.92 Å². The van der Waals surface area contributed by atoms with E-state index in [1.165, 1.54) is 0 Å². The van der Waals surface area contributed by atoms with Crippen molar-refractivity contribution in [1.29, 1.82) is 0 Å². The number of fused-ring (bicyclic) bond motifs is 1. The van der Waals surface area contributed by atoms with Crippen molar-refractivity contribution < 1.29 is 9.53 Å². The Morgan fingerprint density at radius 3 is 2.68 bits per heavy atom. The maximum atomic E-state index is 12.9. The molecule has 0 fully saturated rings. The van der Waals surface area contributed by atoms with E-state index in [2.05, 4.69) is 10.3 Å². The fraction of sp³-hybridized carbons (Fsp3) is 0.200. The molecule has 2 heterocycles. The van der Waals surface area contributed by atoms with E-state index in [1.54, 1.807) is 13.4 Å². The predicted octanol–water partition coefficient (Wildman–Crippen LogP) is 3.35. The second kappa shape index (κ2) is 6.18. The number of aryl methyl sites for hydroxylation is 1. The number of nitrogens with zero attached hydrogens (tertiary/aromatic N) is 2. The largest absolute Gasteiger partial charge is 0.497 e. The second-order valence-electron chi connectivity index (χ2n) is 6.14. The number of carbonyl (C=O) groups is 1. The Morgan fingerprint density at radius 2 is 1.96 bits per heavy atom. The van der Waals surface area contributed by atoms with Crippen molar-refractivity contribution in [2.24, 2.45) is 0 Å². The summed E-state index contributed by atoms with van der Waals surface area (Å²) in [6.45, 7) is 2.57. The van der Waals surface area contributed by atoms with E-state index in [4.69, 9.17) is 4.74 Å². The Morgan fingerprint density at radius 1 is 1.20 bits per heavy atom. The number of hydrogen-bond acceptors (Lipinski definition) is 4. The molecule has 1 aliphatic rings. The first kappa shape index (κ1) is 15.6. The van der Waals surface area contributed by atoms with Gasteiger partial charge in [-0.25, -0.2) is 4.98 Å². The highest BCUT2D eigenvalue weighted by Crippen LogP contribution is 2.30. The third-order valence-corrected chi connectivity index (χ3v) is 4.66. The number of nitrogens with one attached hydrogen (secondary N) is 1. The smallest absolute Gasteiger partial charge is 0.200 e. The van der Waals surface area contributed by atoms with Gasteiger partial charge in [0.25, 0.3) is 0 Å². The van der Waals surface area contributed by atoms with Gasteiger partial charge in [0.1, 0.15) is 11.9 Å². The van der Waals surface area contributed by atoms with E-state index in [0.717, 1.165) is 33.8 Å². The molecule has 1 aliphatic heterocycles. The first-order valence-corrected chi connectivity index (χ1v) is 8.22. The average molecular weight is 333 g/mol. The van der Waals surface area contributed by atoms with Crippen LogP contribution in [0.25, 0.3) is 11.3 Å². The normalized spacial score (nSPS) is 15.8. The summed E-state index contributed by atoms with van der Waals surface area (Å²) in [6.07, 6.45) is 1.34. The highest BCUT2D eigenvalue weighted by Gasteiger charge is 2.31. The van der Waals surface area contributed by atoms with E-state index in [-0.39, 0.29) is 5.78 Å². The molecular formula is C20H19N3O2. The van der Waals surface area contributed by atoms with Crippen molar-refractivity contribution >= 4 is 5.78 Å². The lowest BCUT2D eigenvalue weighted by atomic mass is 10.0.